The van der Waals surface area contributed by atoms with E-state index < -0.39 is 5.91 Å². The molecule has 0 saturated carbocycles. The van der Waals surface area contributed by atoms with Gasteiger partial charge in [0.2, 0.25) is 0 Å². The number of carbonyl (C=O) groups excluding carboxylic acids is 1. The first-order valence-corrected chi connectivity index (χ1v) is 7.46. The molecular weight excluding hydrogens is 308 g/mol. The summed E-state index contributed by atoms with van der Waals surface area (Å²) in [7, 11) is 1.47. The number of aliphatic imine (C=N–C) groups is 1. The first-order valence-electron chi connectivity index (χ1n) is 7.46. The molecule has 24 heavy (non-hydrogen) atoms. The van der Waals surface area contributed by atoms with Gasteiger partial charge < -0.3 is 20.3 Å². The van der Waals surface area contributed by atoms with Crippen molar-refractivity contribution >= 4 is 12.1 Å². The van der Waals surface area contributed by atoms with E-state index in [-0.39, 0.29) is 18.1 Å². The molecule has 0 heterocycles. The molecule has 0 spiro atoms. The fourth-order valence-electron chi connectivity index (χ4n) is 2.10. The van der Waals surface area contributed by atoms with E-state index in [1.807, 2.05) is 30.3 Å². The highest BCUT2D eigenvalue weighted by atomic mass is 16.5. The largest absolute Gasteiger partial charge is 0.507 e. The Balaban J connectivity index is 2.11. The lowest BCUT2D eigenvalue weighted by Gasteiger charge is -2.11. The Hall–Kier alpha value is -3.02. The van der Waals surface area contributed by atoms with Crippen molar-refractivity contribution in [3.05, 3.63) is 53.6 Å². The summed E-state index contributed by atoms with van der Waals surface area (Å²) in [6.07, 6.45) is 2.31. The predicted octanol–water partition coefficient (Wildman–Crippen LogP) is 1.93. The smallest absolute Gasteiger partial charge is 0.255 e. The summed E-state index contributed by atoms with van der Waals surface area (Å²) < 4.78 is 10.4. The number of nitrogens with zero attached hydrogens (tertiary/aromatic N) is 1. The van der Waals surface area contributed by atoms with Gasteiger partial charge in [-0.1, -0.05) is 30.3 Å². The zero-order valence-electron chi connectivity index (χ0n) is 13.4. The van der Waals surface area contributed by atoms with Gasteiger partial charge >= 0.3 is 0 Å². The minimum atomic E-state index is -0.607. The molecule has 1 amide bonds. The van der Waals surface area contributed by atoms with Crippen LogP contribution in [0.25, 0.3) is 0 Å². The zero-order valence-corrected chi connectivity index (χ0v) is 13.4. The summed E-state index contributed by atoms with van der Waals surface area (Å²) in [5, 5.41) is 10.1. The van der Waals surface area contributed by atoms with Crippen molar-refractivity contribution in [3.8, 4) is 17.2 Å². The van der Waals surface area contributed by atoms with Crippen molar-refractivity contribution in [2.24, 2.45) is 10.7 Å². The number of carbonyl (C=O) groups is 1. The van der Waals surface area contributed by atoms with Crippen LogP contribution in [0.4, 0.5) is 0 Å². The minimum Gasteiger partial charge on any atom is -0.507 e. The molecular formula is C18H20N2O4. The zero-order chi connectivity index (χ0) is 17.4. The van der Waals surface area contributed by atoms with Crippen LogP contribution in [-0.2, 0) is 11.2 Å². The van der Waals surface area contributed by atoms with Gasteiger partial charge in [0.25, 0.3) is 5.91 Å². The quantitative estimate of drug-likeness (QED) is 0.724. The van der Waals surface area contributed by atoms with Crippen LogP contribution in [0.3, 0.4) is 0 Å². The summed E-state index contributed by atoms with van der Waals surface area (Å²) in [5.41, 5.74) is 6.65. The standard InChI is InChI=1S/C18H20N2O4/c1-23-14-9-16(21)15(17(10-14)24-12-18(19)22)11-20-8-7-13-5-3-2-4-6-13/h2-6,9-11,21H,7-8,12H2,1H3,(H2,19,22). The molecule has 2 aromatic carbocycles. The van der Waals surface area contributed by atoms with E-state index in [2.05, 4.69) is 4.99 Å². The number of phenolic OH excluding ortho intramolecular Hbond substituents is 1. The molecule has 126 valence electrons. The Morgan fingerprint density at radius 3 is 2.71 bits per heavy atom. The normalized spacial score (nSPS) is 10.7. The van der Waals surface area contributed by atoms with Gasteiger partial charge in [0.15, 0.2) is 6.61 Å². The van der Waals surface area contributed by atoms with E-state index in [0.29, 0.717) is 17.9 Å². The lowest BCUT2D eigenvalue weighted by Crippen LogP contribution is -2.20. The van der Waals surface area contributed by atoms with Gasteiger partial charge in [-0.25, -0.2) is 0 Å². The molecule has 0 aliphatic rings. The summed E-state index contributed by atoms with van der Waals surface area (Å²) in [5.74, 6) is 0.0454. The molecule has 2 aromatic rings. The van der Waals surface area contributed by atoms with Crippen LogP contribution in [0.5, 0.6) is 17.2 Å². The summed E-state index contributed by atoms with van der Waals surface area (Å²) in [4.78, 5) is 15.2. The van der Waals surface area contributed by atoms with Gasteiger partial charge in [0.1, 0.15) is 17.2 Å². The molecule has 0 aliphatic heterocycles. The molecule has 6 nitrogen and oxygen atoms in total. The van der Waals surface area contributed by atoms with E-state index in [1.54, 1.807) is 6.07 Å². The second kappa shape index (κ2) is 8.57. The van der Waals surface area contributed by atoms with E-state index in [4.69, 9.17) is 15.2 Å². The van der Waals surface area contributed by atoms with Gasteiger partial charge in [-0.05, 0) is 12.0 Å². The topological polar surface area (TPSA) is 94.1 Å². The molecule has 0 unspecified atom stereocenters. The second-order valence-corrected chi connectivity index (χ2v) is 5.08. The maximum atomic E-state index is 10.9. The van der Waals surface area contributed by atoms with Crippen molar-refractivity contribution in [1.29, 1.82) is 0 Å². The van der Waals surface area contributed by atoms with Crippen LogP contribution >= 0.6 is 0 Å². The molecule has 2 rings (SSSR count). The molecule has 0 atom stereocenters. The number of ether oxygens (including phenoxy) is 2. The number of hydrogen-bond donors (Lipinski definition) is 2. The maximum Gasteiger partial charge on any atom is 0.255 e. The van der Waals surface area contributed by atoms with Crippen molar-refractivity contribution in [2.45, 2.75) is 6.42 Å². The molecule has 0 saturated heterocycles. The number of nitrogens with two attached hydrogens (primary N) is 1. The highest BCUT2D eigenvalue weighted by Gasteiger charge is 2.11. The number of benzene rings is 2. The first kappa shape index (κ1) is 17.3. The number of rotatable bonds is 8. The van der Waals surface area contributed by atoms with Crippen LogP contribution in [-0.4, -0.2) is 37.5 Å². The summed E-state index contributed by atoms with van der Waals surface area (Å²) in [6, 6.07) is 13.0. The Morgan fingerprint density at radius 1 is 1.29 bits per heavy atom. The van der Waals surface area contributed by atoms with Gasteiger partial charge in [0, 0.05) is 24.9 Å². The first-order chi connectivity index (χ1) is 11.6. The molecule has 0 fully saturated rings. The fraction of sp³-hybridized carbons (Fsp3) is 0.222. The van der Waals surface area contributed by atoms with E-state index in [1.165, 1.54) is 25.0 Å². The van der Waals surface area contributed by atoms with E-state index in [9.17, 15) is 9.90 Å². The molecule has 6 heteroatoms. The van der Waals surface area contributed by atoms with Crippen LogP contribution in [0.2, 0.25) is 0 Å². The van der Waals surface area contributed by atoms with Crippen molar-refractivity contribution in [3.63, 3.8) is 0 Å². The monoisotopic (exact) mass is 328 g/mol. The minimum absolute atomic E-state index is 0.0442. The number of methoxy groups -OCH3 is 1. The molecule has 0 radical (unpaired) electrons. The third kappa shape index (κ3) is 5.01. The second-order valence-electron chi connectivity index (χ2n) is 5.08. The third-order valence-electron chi connectivity index (χ3n) is 3.29. The van der Waals surface area contributed by atoms with Gasteiger partial charge in [0.05, 0.1) is 12.7 Å². The van der Waals surface area contributed by atoms with Crippen molar-refractivity contribution in [1.82, 2.24) is 0 Å². The average molecular weight is 328 g/mol. The number of phenols is 1. The lowest BCUT2D eigenvalue weighted by molar-refractivity contribution is -0.119. The predicted molar refractivity (Wildman–Crippen MR) is 92.0 cm³/mol. The molecule has 3 N–H and O–H groups in total. The molecule has 0 aliphatic carbocycles. The summed E-state index contributed by atoms with van der Waals surface area (Å²) in [6.45, 7) is 0.266. The third-order valence-corrected chi connectivity index (χ3v) is 3.29. The number of aromatic hydroxyl groups is 1. The molecule has 0 bridgehead atoms. The molecule has 0 aromatic heterocycles. The number of hydrogen-bond acceptors (Lipinski definition) is 5. The van der Waals surface area contributed by atoms with Gasteiger partial charge in [-0.15, -0.1) is 0 Å². The fourth-order valence-corrected chi connectivity index (χ4v) is 2.10. The lowest BCUT2D eigenvalue weighted by atomic mass is 10.1. The Bertz CT molecular complexity index is 714. The summed E-state index contributed by atoms with van der Waals surface area (Å²) >= 11 is 0. The van der Waals surface area contributed by atoms with E-state index in [0.717, 1.165) is 6.42 Å². The van der Waals surface area contributed by atoms with Crippen LogP contribution < -0.4 is 15.2 Å². The SMILES string of the molecule is COc1cc(O)c(C=NCCc2ccccc2)c(OCC(N)=O)c1. The van der Waals surface area contributed by atoms with Crippen molar-refractivity contribution < 1.29 is 19.4 Å². The average Bonchev–Trinajstić information content (AvgIpc) is 2.58. The van der Waals surface area contributed by atoms with Gasteiger partial charge in [-0.3, -0.25) is 9.79 Å². The number of primary amides is 1. The Morgan fingerprint density at radius 2 is 2.04 bits per heavy atom. The van der Waals surface area contributed by atoms with Crippen LogP contribution in [0, 0.1) is 0 Å². The van der Waals surface area contributed by atoms with Crippen molar-refractivity contribution in [2.75, 3.05) is 20.3 Å². The van der Waals surface area contributed by atoms with Crippen LogP contribution in [0.15, 0.2) is 47.5 Å². The van der Waals surface area contributed by atoms with Crippen LogP contribution in [0.1, 0.15) is 11.1 Å². The van der Waals surface area contributed by atoms with E-state index >= 15 is 0 Å². The highest BCUT2D eigenvalue weighted by molar-refractivity contribution is 5.88. The van der Waals surface area contributed by atoms with Gasteiger partial charge in [-0.2, -0.15) is 0 Å². The maximum absolute atomic E-state index is 10.9. The Kier molecular flexibility index (Phi) is 6.19. The Labute approximate surface area is 140 Å². The number of amides is 1. The highest BCUT2D eigenvalue weighted by Crippen LogP contribution is 2.32.